The molecule has 2 unspecified atom stereocenters. The monoisotopic (exact) mass is 911 g/mol. The molecule has 4 heterocycles. The number of rotatable bonds is 13. The van der Waals surface area contributed by atoms with Gasteiger partial charge in [-0.05, 0) is 202 Å². The minimum absolute atomic E-state index is 0.0773. The predicted molar refractivity (Wildman–Crippen MR) is 271 cm³/mol. The lowest BCUT2D eigenvalue weighted by atomic mass is 9.84. The number of phenolic OH excluding ortho intramolecular Hbond substituents is 4. The van der Waals surface area contributed by atoms with Crippen molar-refractivity contribution in [1.82, 2.24) is 9.80 Å². The van der Waals surface area contributed by atoms with Crippen molar-refractivity contribution in [2.75, 3.05) is 57.7 Å². The van der Waals surface area contributed by atoms with Crippen molar-refractivity contribution in [1.29, 1.82) is 0 Å². The van der Waals surface area contributed by atoms with Crippen LogP contribution in [0.15, 0.2) is 121 Å². The number of ether oxygens (including phenoxy) is 3. The van der Waals surface area contributed by atoms with E-state index in [1.54, 1.807) is 54.6 Å². The summed E-state index contributed by atoms with van der Waals surface area (Å²) in [6.45, 7) is 14.0. The van der Waals surface area contributed by atoms with Gasteiger partial charge in [0.2, 0.25) is 0 Å². The van der Waals surface area contributed by atoms with Crippen molar-refractivity contribution in [3.8, 4) is 51.4 Å². The van der Waals surface area contributed by atoms with E-state index in [4.69, 9.17) is 14.2 Å². The number of likely N-dealkylation sites (tertiary alicyclic amines) is 2. The van der Waals surface area contributed by atoms with Gasteiger partial charge < -0.3 is 44.9 Å². The first kappa shape index (κ1) is 44.9. The summed E-state index contributed by atoms with van der Waals surface area (Å²) in [6, 6.07) is 37.7. The van der Waals surface area contributed by atoms with E-state index in [9.17, 15) is 20.4 Å². The van der Waals surface area contributed by atoms with Crippen molar-refractivity contribution >= 4 is 28.0 Å². The van der Waals surface area contributed by atoms with Gasteiger partial charge in [0.15, 0.2) is 0 Å². The molecule has 10 nitrogen and oxygen atoms in total. The quantitative estimate of drug-likeness (QED) is 0.0764. The van der Waals surface area contributed by atoms with Crippen LogP contribution < -0.4 is 19.5 Å². The molecule has 2 fully saturated rings. The number of anilines is 1. The lowest BCUT2D eigenvalue weighted by Crippen LogP contribution is -2.35. The van der Waals surface area contributed by atoms with Gasteiger partial charge in [-0.3, -0.25) is 4.90 Å². The van der Waals surface area contributed by atoms with Crippen molar-refractivity contribution in [3.63, 3.8) is 0 Å². The third kappa shape index (κ3) is 9.48. The second kappa shape index (κ2) is 19.4. The van der Waals surface area contributed by atoms with Crippen LogP contribution in [0.25, 0.3) is 33.4 Å². The number of nitrogens with one attached hydrogen (secondary N) is 1. The average molecular weight is 912 g/mol. The summed E-state index contributed by atoms with van der Waals surface area (Å²) in [4.78, 5) is 4.96. The van der Waals surface area contributed by atoms with Gasteiger partial charge in [0, 0.05) is 53.2 Å². The molecule has 5 N–H and O–H groups in total. The largest absolute Gasteiger partial charge is 0.508 e. The minimum atomic E-state index is -0.600. The molecule has 350 valence electrons. The normalized spacial score (nSPS) is 18.8. The third-order valence-corrected chi connectivity index (χ3v) is 14.3. The first-order valence-corrected chi connectivity index (χ1v) is 24.2. The lowest BCUT2D eigenvalue weighted by molar-refractivity contribution is 0.160. The number of allylic oxidation sites excluding steroid dienone is 2. The SMILES string of the molecule is CC1=C(c2cc(O)cc(-c3cc(C4Oc5ccc(O)cc5C(C)=C4c4cccc(O)c4)ccc3OCCN3CCC(C)CC3)c2)C(c2ccc(NCCN3CCCC3)cc2)Oc2ccc(O)cc21. The second-order valence-corrected chi connectivity index (χ2v) is 19.0. The van der Waals surface area contributed by atoms with Crippen LogP contribution in [0.4, 0.5) is 5.69 Å². The second-order valence-electron chi connectivity index (χ2n) is 19.0. The van der Waals surface area contributed by atoms with Gasteiger partial charge in [-0.1, -0.05) is 37.3 Å². The molecule has 68 heavy (non-hydrogen) atoms. The highest BCUT2D eigenvalue weighted by Crippen LogP contribution is 2.51. The molecule has 6 aromatic carbocycles. The zero-order valence-corrected chi connectivity index (χ0v) is 39.2. The zero-order chi connectivity index (χ0) is 46.9. The van der Waals surface area contributed by atoms with E-state index in [0.717, 1.165) is 124 Å². The summed E-state index contributed by atoms with van der Waals surface area (Å²) in [5.41, 5.74) is 11.0. The zero-order valence-electron chi connectivity index (χ0n) is 39.2. The first-order chi connectivity index (χ1) is 33.0. The Morgan fingerprint density at radius 1 is 0.559 bits per heavy atom. The Hall–Kier alpha value is -6.88. The standard InChI is InChI=1S/C58H61N3O7/c1-36-19-24-61(25-20-36)27-28-66-52-16-11-41(58-55(40-7-6-8-45(62)30-40)37(2)49-34-46(63)15-18-54(49)68-58)33-51(52)42-29-43(32-48(65)31-42)56-38(3)50-35-47(64)14-17-53(50)67-57(56)39-9-12-44(13-10-39)59-21-26-60-22-4-5-23-60/h6-18,29-36,57-59,62-65H,4-5,19-28H2,1-3H3. The van der Waals surface area contributed by atoms with E-state index < -0.39 is 12.2 Å². The Morgan fingerprint density at radius 2 is 1.15 bits per heavy atom. The van der Waals surface area contributed by atoms with E-state index in [-0.39, 0.29) is 23.0 Å². The van der Waals surface area contributed by atoms with Crippen LogP contribution in [0, 0.1) is 5.92 Å². The van der Waals surface area contributed by atoms with Gasteiger partial charge in [-0.2, -0.15) is 0 Å². The van der Waals surface area contributed by atoms with E-state index in [2.05, 4.69) is 58.4 Å². The highest BCUT2D eigenvalue weighted by molar-refractivity contribution is 5.98. The molecule has 0 amide bonds. The molecule has 4 aliphatic heterocycles. The Balaban J connectivity index is 1.06. The number of benzene rings is 6. The van der Waals surface area contributed by atoms with Gasteiger partial charge in [-0.25, -0.2) is 0 Å². The van der Waals surface area contributed by atoms with Gasteiger partial charge in [0.1, 0.15) is 59.1 Å². The minimum Gasteiger partial charge on any atom is -0.508 e. The number of hydrogen-bond acceptors (Lipinski definition) is 10. The van der Waals surface area contributed by atoms with Crippen LogP contribution in [0.2, 0.25) is 0 Å². The molecule has 0 aromatic heterocycles. The maximum atomic E-state index is 11.8. The molecule has 0 bridgehead atoms. The van der Waals surface area contributed by atoms with Crippen LogP contribution in [0.1, 0.15) is 92.0 Å². The smallest absolute Gasteiger partial charge is 0.150 e. The highest BCUT2D eigenvalue weighted by atomic mass is 16.5. The predicted octanol–water partition coefficient (Wildman–Crippen LogP) is 11.9. The Kier molecular flexibility index (Phi) is 12.8. The highest BCUT2D eigenvalue weighted by Gasteiger charge is 2.33. The summed E-state index contributed by atoms with van der Waals surface area (Å²) in [7, 11) is 0. The van der Waals surface area contributed by atoms with E-state index in [0.29, 0.717) is 23.9 Å². The Labute approximate surface area is 399 Å². The lowest BCUT2D eigenvalue weighted by Gasteiger charge is -2.32. The van der Waals surface area contributed by atoms with Gasteiger partial charge in [0.25, 0.3) is 0 Å². The third-order valence-electron chi connectivity index (χ3n) is 14.3. The maximum Gasteiger partial charge on any atom is 0.150 e. The molecule has 0 spiro atoms. The van der Waals surface area contributed by atoms with E-state index in [1.165, 1.54) is 25.7 Å². The fraction of sp³-hybridized carbons (Fsp3) is 0.310. The van der Waals surface area contributed by atoms with Crippen molar-refractivity contribution in [2.24, 2.45) is 5.92 Å². The fourth-order valence-corrected chi connectivity index (χ4v) is 10.5. The van der Waals surface area contributed by atoms with E-state index in [1.807, 2.05) is 44.2 Å². The molecule has 10 heteroatoms. The Morgan fingerprint density at radius 3 is 1.82 bits per heavy atom. The molecule has 0 radical (unpaired) electrons. The number of hydrogen-bond donors (Lipinski definition) is 5. The van der Waals surface area contributed by atoms with Crippen molar-refractivity contribution < 1.29 is 34.6 Å². The number of aromatic hydroxyl groups is 4. The fourth-order valence-electron chi connectivity index (χ4n) is 10.5. The molecule has 0 saturated carbocycles. The van der Waals surface area contributed by atoms with Crippen molar-refractivity contribution in [2.45, 2.75) is 58.7 Å². The van der Waals surface area contributed by atoms with Crippen molar-refractivity contribution in [3.05, 3.63) is 155 Å². The van der Waals surface area contributed by atoms with Gasteiger partial charge >= 0.3 is 0 Å². The molecule has 0 aliphatic carbocycles. The molecule has 6 aromatic rings. The van der Waals surface area contributed by atoms with Crippen LogP contribution in [-0.4, -0.2) is 82.6 Å². The molecular weight excluding hydrogens is 851 g/mol. The molecule has 2 atom stereocenters. The van der Waals surface area contributed by atoms with Crippen LogP contribution in [-0.2, 0) is 0 Å². The molecule has 10 rings (SSSR count). The first-order valence-electron chi connectivity index (χ1n) is 24.2. The summed E-state index contributed by atoms with van der Waals surface area (Å²) < 4.78 is 20.5. The summed E-state index contributed by atoms with van der Waals surface area (Å²) >= 11 is 0. The molecular formula is C58H61N3O7. The summed E-state index contributed by atoms with van der Waals surface area (Å²) in [5.74, 6) is 3.19. The summed E-state index contributed by atoms with van der Waals surface area (Å²) in [5, 5.41) is 47.3. The maximum absolute atomic E-state index is 11.8. The van der Waals surface area contributed by atoms with Crippen LogP contribution in [0.5, 0.6) is 40.2 Å². The molecule has 4 aliphatic rings. The Bertz CT molecular complexity index is 2870. The average Bonchev–Trinajstić information content (AvgIpc) is 3.86. The number of piperidine rings is 1. The van der Waals surface area contributed by atoms with E-state index >= 15 is 0 Å². The van der Waals surface area contributed by atoms with Gasteiger partial charge in [-0.15, -0.1) is 0 Å². The van der Waals surface area contributed by atoms with Crippen LogP contribution in [0.3, 0.4) is 0 Å². The number of phenols is 4. The van der Waals surface area contributed by atoms with Gasteiger partial charge in [0.05, 0.1) is 0 Å². The van der Waals surface area contributed by atoms with Crippen LogP contribution >= 0.6 is 0 Å². The number of fused-ring (bicyclic) bond motifs is 2. The molecule has 2 saturated heterocycles. The topological polar surface area (TPSA) is 127 Å². The summed E-state index contributed by atoms with van der Waals surface area (Å²) in [6.07, 6.45) is 3.77. The number of nitrogens with zero attached hydrogens (tertiary/aromatic N) is 2.